The maximum Gasteiger partial charge on any atom is 0.119 e. The van der Waals surface area contributed by atoms with E-state index in [4.69, 9.17) is 42.6 Å². The Morgan fingerprint density at radius 2 is 1.02 bits per heavy atom. The molecule has 0 saturated heterocycles. The van der Waals surface area contributed by atoms with E-state index in [1.165, 1.54) is 27.8 Å². The van der Waals surface area contributed by atoms with Crippen LogP contribution < -0.4 is 4.74 Å². The summed E-state index contributed by atoms with van der Waals surface area (Å²) in [5.41, 5.74) is 6.73. The van der Waals surface area contributed by atoms with E-state index in [2.05, 4.69) is 67.5 Å². The number of benzene rings is 2. The molecule has 0 radical (unpaired) electrons. The highest BCUT2D eigenvalue weighted by molar-refractivity contribution is 5.84. The Morgan fingerprint density at radius 3 is 1.55 bits per heavy atom. The Balaban J connectivity index is 1.15. The van der Waals surface area contributed by atoms with Crippen LogP contribution in [0.1, 0.15) is 28.7 Å². The summed E-state index contributed by atoms with van der Waals surface area (Å²) in [4.78, 5) is 2.22. The van der Waals surface area contributed by atoms with Crippen LogP contribution in [0.3, 0.4) is 0 Å². The fourth-order valence-corrected chi connectivity index (χ4v) is 5.01. The van der Waals surface area contributed by atoms with E-state index < -0.39 is 0 Å². The van der Waals surface area contributed by atoms with Crippen LogP contribution in [0.25, 0.3) is 5.57 Å². The van der Waals surface area contributed by atoms with Crippen molar-refractivity contribution >= 4 is 5.57 Å². The molecule has 0 unspecified atom stereocenters. The third-order valence-corrected chi connectivity index (χ3v) is 7.42. The van der Waals surface area contributed by atoms with Crippen LogP contribution in [0.4, 0.5) is 0 Å². The second-order valence-electron chi connectivity index (χ2n) is 11.3. The van der Waals surface area contributed by atoms with Gasteiger partial charge in [0.2, 0.25) is 0 Å². The van der Waals surface area contributed by atoms with Crippen LogP contribution in [0.5, 0.6) is 5.75 Å². The van der Waals surface area contributed by atoms with Crippen molar-refractivity contribution in [3.63, 3.8) is 0 Å². The number of fused-ring (bicyclic) bond motifs is 2. The minimum atomic E-state index is 0.498. The molecule has 0 saturated carbocycles. The zero-order chi connectivity index (χ0) is 33.2. The third-order valence-electron chi connectivity index (χ3n) is 7.42. The van der Waals surface area contributed by atoms with E-state index in [1.807, 2.05) is 0 Å². The third kappa shape index (κ3) is 17.0. The number of hydrogen-bond donors (Lipinski definition) is 0. The predicted molar refractivity (Wildman–Crippen MR) is 184 cm³/mol. The molecule has 0 amide bonds. The van der Waals surface area contributed by atoms with E-state index in [-0.39, 0.29) is 0 Å². The summed E-state index contributed by atoms with van der Waals surface area (Å²) >= 11 is 0. The Kier molecular flexibility index (Phi) is 21.3. The number of rotatable bonds is 28. The fourth-order valence-electron chi connectivity index (χ4n) is 5.01. The lowest BCUT2D eigenvalue weighted by Crippen LogP contribution is -2.15. The molecule has 2 aromatic rings. The molecule has 3 rings (SSSR count). The van der Waals surface area contributed by atoms with Gasteiger partial charge in [0.25, 0.3) is 0 Å². The number of aryl methyl sites for hydroxylation is 2. The molecule has 0 aromatic heterocycles. The van der Waals surface area contributed by atoms with Gasteiger partial charge in [0.1, 0.15) is 12.4 Å². The van der Waals surface area contributed by atoms with Crippen molar-refractivity contribution in [2.45, 2.75) is 19.3 Å². The molecule has 10 heteroatoms. The molecule has 10 nitrogen and oxygen atoms in total. The zero-order valence-electron chi connectivity index (χ0n) is 28.9. The van der Waals surface area contributed by atoms with Crippen LogP contribution >= 0.6 is 0 Å². The molecule has 2 aromatic carbocycles. The normalized spacial score (nSPS) is 13.6. The molecule has 0 spiro atoms. The molecule has 1 aliphatic rings. The van der Waals surface area contributed by atoms with Gasteiger partial charge in [0.05, 0.1) is 99.1 Å². The average molecular weight is 660 g/mol. The highest BCUT2D eigenvalue weighted by Gasteiger charge is 2.18. The van der Waals surface area contributed by atoms with Gasteiger partial charge in [-0.25, -0.2) is 0 Å². The van der Waals surface area contributed by atoms with Crippen molar-refractivity contribution < 1.29 is 42.6 Å². The first-order valence-electron chi connectivity index (χ1n) is 16.9. The van der Waals surface area contributed by atoms with E-state index >= 15 is 0 Å². The Hall–Kier alpha value is -2.38. The summed E-state index contributed by atoms with van der Waals surface area (Å²) in [6, 6.07) is 15.3. The van der Waals surface area contributed by atoms with Crippen molar-refractivity contribution in [3.8, 4) is 5.75 Å². The minimum absolute atomic E-state index is 0.498. The van der Waals surface area contributed by atoms with E-state index in [0.717, 1.165) is 31.6 Å². The molecular weight excluding hydrogens is 602 g/mol. The van der Waals surface area contributed by atoms with Gasteiger partial charge >= 0.3 is 0 Å². The first-order chi connectivity index (χ1) is 23.2. The first-order valence-corrected chi connectivity index (χ1v) is 16.9. The number of nitrogens with zero attached hydrogens (tertiary/aromatic N) is 1. The van der Waals surface area contributed by atoms with Gasteiger partial charge in [-0.05, 0) is 73.3 Å². The maximum atomic E-state index is 6.04. The molecule has 0 N–H and O–H groups in total. The highest BCUT2D eigenvalue weighted by atomic mass is 16.6. The highest BCUT2D eigenvalue weighted by Crippen LogP contribution is 2.35. The second-order valence-corrected chi connectivity index (χ2v) is 11.3. The summed E-state index contributed by atoms with van der Waals surface area (Å²) in [5, 5.41) is 0. The fraction of sp³-hybridized carbons (Fsp3) is 0.622. The van der Waals surface area contributed by atoms with Crippen molar-refractivity contribution in [2.75, 3.05) is 133 Å². The number of hydrogen-bond acceptors (Lipinski definition) is 10. The number of ether oxygens (including phenoxy) is 9. The smallest absolute Gasteiger partial charge is 0.119 e. The van der Waals surface area contributed by atoms with Gasteiger partial charge in [-0.3, -0.25) is 0 Å². The summed E-state index contributed by atoms with van der Waals surface area (Å²) in [6.07, 6.45) is 5.43. The summed E-state index contributed by atoms with van der Waals surface area (Å²) in [5.74, 6) is 0.886. The average Bonchev–Trinajstić information content (AvgIpc) is 3.23. The lowest BCUT2D eigenvalue weighted by Gasteiger charge is -2.15. The molecule has 0 heterocycles. The van der Waals surface area contributed by atoms with Gasteiger partial charge in [-0.15, -0.1) is 0 Å². The van der Waals surface area contributed by atoms with Gasteiger partial charge in [0.15, 0.2) is 0 Å². The van der Waals surface area contributed by atoms with Gasteiger partial charge < -0.3 is 47.5 Å². The van der Waals surface area contributed by atoms with Crippen molar-refractivity contribution in [2.24, 2.45) is 0 Å². The topological polar surface area (TPSA) is 86.3 Å². The van der Waals surface area contributed by atoms with Crippen LogP contribution in [0.2, 0.25) is 0 Å². The maximum absolute atomic E-state index is 6.04. The Bertz CT molecular complexity index is 1110. The summed E-state index contributed by atoms with van der Waals surface area (Å²) in [6.45, 7) is 9.58. The monoisotopic (exact) mass is 659 g/mol. The lowest BCUT2D eigenvalue weighted by molar-refractivity contribution is -0.0227. The molecule has 1 aliphatic carbocycles. The summed E-state index contributed by atoms with van der Waals surface area (Å²) < 4.78 is 49.5. The predicted octanol–water partition coefficient (Wildman–Crippen LogP) is 4.31. The summed E-state index contributed by atoms with van der Waals surface area (Å²) in [7, 11) is 5.89. The molecule has 264 valence electrons. The lowest BCUT2D eigenvalue weighted by atomic mass is 9.93. The molecule has 0 bridgehead atoms. The largest absolute Gasteiger partial charge is 0.491 e. The van der Waals surface area contributed by atoms with Crippen LogP contribution in [0, 0.1) is 0 Å². The molecule has 0 aliphatic heterocycles. The Morgan fingerprint density at radius 1 is 0.553 bits per heavy atom. The molecular formula is C37H57NO9. The van der Waals surface area contributed by atoms with Crippen LogP contribution in [-0.2, 0) is 50.7 Å². The van der Waals surface area contributed by atoms with Crippen molar-refractivity contribution in [1.82, 2.24) is 4.90 Å². The van der Waals surface area contributed by atoms with Crippen LogP contribution in [-0.4, -0.2) is 138 Å². The van der Waals surface area contributed by atoms with Gasteiger partial charge in [0, 0.05) is 13.7 Å². The molecule has 47 heavy (non-hydrogen) atoms. The standard InChI is InChI=1S/C37H57NO9/c1-38(2)14-6-9-37-35-8-5-4-7-32(35)10-11-33-31-34(12-13-36(33)37)47-30-29-46-28-27-45-26-25-44-24-23-43-22-21-42-20-19-41-18-17-40-16-15-39-3/h4-5,7-9,12-13,31H,6,10-11,14-30H2,1-3H3/b37-9-. The van der Waals surface area contributed by atoms with Crippen molar-refractivity contribution in [1.29, 1.82) is 0 Å². The second kappa shape index (κ2) is 25.6. The van der Waals surface area contributed by atoms with E-state index in [9.17, 15) is 0 Å². The number of methoxy groups -OCH3 is 1. The zero-order valence-corrected chi connectivity index (χ0v) is 28.9. The first kappa shape index (κ1) is 39.1. The molecule has 0 atom stereocenters. The SMILES string of the molecule is COCCOCCOCCOCCOCCOCCOCCOCCOc1ccc2c(c1)CCc1ccccc1/C2=C/CCN(C)C. The van der Waals surface area contributed by atoms with Crippen molar-refractivity contribution in [3.05, 3.63) is 70.8 Å². The van der Waals surface area contributed by atoms with Gasteiger partial charge in [-0.1, -0.05) is 36.4 Å². The molecule has 0 fully saturated rings. The van der Waals surface area contributed by atoms with Crippen LogP contribution in [0.15, 0.2) is 48.5 Å². The van der Waals surface area contributed by atoms with E-state index in [0.29, 0.717) is 106 Å². The minimum Gasteiger partial charge on any atom is -0.491 e. The Labute approximate surface area is 282 Å². The quantitative estimate of drug-likeness (QED) is 0.123. The van der Waals surface area contributed by atoms with E-state index in [1.54, 1.807) is 7.11 Å². The van der Waals surface area contributed by atoms with Gasteiger partial charge in [-0.2, -0.15) is 0 Å².